The van der Waals surface area contributed by atoms with Crippen LogP contribution in [0.2, 0.25) is 0 Å². The second kappa shape index (κ2) is 6.33. The van der Waals surface area contributed by atoms with E-state index in [0.717, 1.165) is 43.6 Å². The topological polar surface area (TPSA) is 58.0 Å². The lowest BCUT2D eigenvalue weighted by Gasteiger charge is -2.35. The van der Waals surface area contributed by atoms with Gasteiger partial charge < -0.3 is 10.4 Å². The Morgan fingerprint density at radius 3 is 3.05 bits per heavy atom. The van der Waals surface area contributed by atoms with Gasteiger partial charge in [0, 0.05) is 18.3 Å². The number of anilines is 1. The first kappa shape index (κ1) is 14.3. The summed E-state index contributed by atoms with van der Waals surface area (Å²) in [6.07, 6.45) is 7.77. The monoisotopic (exact) mass is 263 g/mol. The Morgan fingerprint density at radius 1 is 1.47 bits per heavy atom. The van der Waals surface area contributed by atoms with Crippen LogP contribution in [0.4, 0.5) is 5.82 Å². The summed E-state index contributed by atoms with van der Waals surface area (Å²) in [6.45, 7) is 4.94. The average Bonchev–Trinajstić information content (AvgIpc) is 2.37. The molecule has 0 radical (unpaired) electrons. The Labute approximate surface area is 115 Å². The molecule has 2 rings (SSSR count). The van der Waals surface area contributed by atoms with Crippen LogP contribution in [0.15, 0.2) is 12.4 Å². The fraction of sp³-hybridized carbons (Fsp3) is 0.733. The van der Waals surface area contributed by atoms with Crippen molar-refractivity contribution >= 4 is 5.82 Å². The van der Waals surface area contributed by atoms with Gasteiger partial charge in [0.15, 0.2) is 0 Å². The minimum Gasteiger partial charge on any atom is -0.388 e. The molecule has 2 atom stereocenters. The molecule has 1 aliphatic rings. The Kier molecular flexibility index (Phi) is 4.75. The van der Waals surface area contributed by atoms with Crippen LogP contribution in [0.1, 0.15) is 51.6 Å². The Balaban J connectivity index is 1.92. The van der Waals surface area contributed by atoms with E-state index in [0.29, 0.717) is 12.5 Å². The van der Waals surface area contributed by atoms with E-state index < -0.39 is 5.60 Å². The predicted molar refractivity (Wildman–Crippen MR) is 77.1 cm³/mol. The van der Waals surface area contributed by atoms with Crippen LogP contribution in [-0.4, -0.2) is 27.2 Å². The summed E-state index contributed by atoms with van der Waals surface area (Å²) in [6, 6.07) is 1.99. The Morgan fingerprint density at radius 2 is 2.32 bits per heavy atom. The van der Waals surface area contributed by atoms with Gasteiger partial charge in [-0.15, -0.1) is 0 Å². The van der Waals surface area contributed by atoms with Crippen LogP contribution >= 0.6 is 0 Å². The summed E-state index contributed by atoms with van der Waals surface area (Å²) in [4.78, 5) is 8.46. The number of nitrogens with one attached hydrogen (secondary N) is 1. The average molecular weight is 263 g/mol. The largest absolute Gasteiger partial charge is 0.388 e. The van der Waals surface area contributed by atoms with Gasteiger partial charge in [-0.2, -0.15) is 0 Å². The quantitative estimate of drug-likeness (QED) is 0.857. The third-order valence-electron chi connectivity index (χ3n) is 3.90. The van der Waals surface area contributed by atoms with E-state index >= 15 is 0 Å². The fourth-order valence-corrected chi connectivity index (χ4v) is 2.94. The third-order valence-corrected chi connectivity index (χ3v) is 3.90. The van der Waals surface area contributed by atoms with E-state index in [1.165, 1.54) is 6.42 Å². The maximum Gasteiger partial charge on any atom is 0.129 e. The van der Waals surface area contributed by atoms with Crippen molar-refractivity contribution in [2.24, 2.45) is 5.92 Å². The number of aromatic nitrogens is 2. The lowest BCUT2D eigenvalue weighted by Crippen LogP contribution is -2.41. The van der Waals surface area contributed by atoms with Crippen molar-refractivity contribution in [1.29, 1.82) is 0 Å². The van der Waals surface area contributed by atoms with Gasteiger partial charge in [0.25, 0.3) is 0 Å². The van der Waals surface area contributed by atoms with Crippen molar-refractivity contribution in [2.75, 3.05) is 11.9 Å². The first-order valence-electron chi connectivity index (χ1n) is 7.38. The van der Waals surface area contributed by atoms with Crippen LogP contribution in [0, 0.1) is 5.92 Å². The van der Waals surface area contributed by atoms with Crippen LogP contribution in [0.25, 0.3) is 0 Å². The van der Waals surface area contributed by atoms with Gasteiger partial charge in [-0.05, 0) is 25.2 Å². The summed E-state index contributed by atoms with van der Waals surface area (Å²) in [5.41, 5.74) is 0.483. The second-order valence-corrected chi connectivity index (χ2v) is 5.92. The molecule has 1 saturated carbocycles. The molecule has 4 nitrogen and oxygen atoms in total. The van der Waals surface area contributed by atoms with Crippen molar-refractivity contribution < 1.29 is 5.11 Å². The summed E-state index contributed by atoms with van der Waals surface area (Å²) >= 11 is 0. The lowest BCUT2D eigenvalue weighted by atomic mass is 9.79. The molecule has 0 saturated heterocycles. The standard InChI is InChI=1S/C15H25N3O/c1-3-5-13-8-14(18-11-17-13)16-10-15(19)7-4-6-12(2)9-15/h8,11-12,19H,3-7,9-10H2,1-2H3,(H,16,17,18). The van der Waals surface area contributed by atoms with Gasteiger partial charge in [-0.1, -0.05) is 33.1 Å². The van der Waals surface area contributed by atoms with Gasteiger partial charge in [-0.3, -0.25) is 0 Å². The number of rotatable bonds is 5. The molecule has 1 heterocycles. The molecule has 1 aliphatic carbocycles. The highest BCUT2D eigenvalue weighted by Gasteiger charge is 2.32. The molecule has 0 aliphatic heterocycles. The summed E-state index contributed by atoms with van der Waals surface area (Å²) in [5, 5.41) is 13.8. The third kappa shape index (κ3) is 4.16. The first-order chi connectivity index (χ1) is 9.11. The van der Waals surface area contributed by atoms with Crippen molar-refractivity contribution in [3.8, 4) is 0 Å². The first-order valence-corrected chi connectivity index (χ1v) is 7.38. The summed E-state index contributed by atoms with van der Waals surface area (Å²) in [7, 11) is 0. The maximum absolute atomic E-state index is 10.6. The van der Waals surface area contributed by atoms with Gasteiger partial charge in [-0.25, -0.2) is 9.97 Å². The zero-order chi connectivity index (χ0) is 13.7. The van der Waals surface area contributed by atoms with Crippen LogP contribution in [-0.2, 0) is 6.42 Å². The smallest absolute Gasteiger partial charge is 0.129 e. The van der Waals surface area contributed by atoms with Gasteiger partial charge in [0.05, 0.1) is 5.60 Å². The van der Waals surface area contributed by atoms with E-state index in [9.17, 15) is 5.11 Å². The molecule has 19 heavy (non-hydrogen) atoms. The molecule has 4 heteroatoms. The van der Waals surface area contributed by atoms with Crippen LogP contribution in [0.3, 0.4) is 0 Å². The molecule has 106 valence electrons. The molecule has 2 N–H and O–H groups in total. The predicted octanol–water partition coefficient (Wildman–Crippen LogP) is 2.78. The van der Waals surface area contributed by atoms with Crippen molar-refractivity contribution in [3.05, 3.63) is 18.1 Å². The minimum absolute atomic E-state index is 0.576. The normalized spacial score (nSPS) is 27.2. The van der Waals surface area contributed by atoms with Crippen molar-refractivity contribution in [2.45, 2.75) is 58.0 Å². The molecular weight excluding hydrogens is 238 g/mol. The van der Waals surface area contributed by atoms with E-state index in [2.05, 4.69) is 29.1 Å². The molecule has 1 aromatic heterocycles. The Hall–Kier alpha value is -1.16. The molecular formula is C15H25N3O. The van der Waals surface area contributed by atoms with E-state index in [4.69, 9.17) is 0 Å². The van der Waals surface area contributed by atoms with Gasteiger partial charge in [0.1, 0.15) is 12.1 Å². The fourth-order valence-electron chi connectivity index (χ4n) is 2.94. The van der Waals surface area contributed by atoms with E-state index in [1.54, 1.807) is 6.33 Å². The van der Waals surface area contributed by atoms with Crippen molar-refractivity contribution in [3.63, 3.8) is 0 Å². The molecule has 1 aromatic rings. The van der Waals surface area contributed by atoms with Crippen molar-refractivity contribution in [1.82, 2.24) is 9.97 Å². The molecule has 1 fully saturated rings. The zero-order valence-electron chi connectivity index (χ0n) is 12.0. The Bertz CT molecular complexity index is 410. The van der Waals surface area contributed by atoms with Crippen LogP contribution in [0.5, 0.6) is 0 Å². The highest BCUT2D eigenvalue weighted by molar-refractivity contribution is 5.35. The van der Waals surface area contributed by atoms with Gasteiger partial charge >= 0.3 is 0 Å². The number of hydrogen-bond donors (Lipinski definition) is 2. The zero-order valence-corrected chi connectivity index (χ0v) is 12.0. The minimum atomic E-state index is -0.576. The number of hydrogen-bond acceptors (Lipinski definition) is 4. The molecule has 0 aromatic carbocycles. The van der Waals surface area contributed by atoms with Gasteiger partial charge in [0.2, 0.25) is 0 Å². The molecule has 2 unspecified atom stereocenters. The van der Waals surface area contributed by atoms with E-state index in [-0.39, 0.29) is 0 Å². The number of aliphatic hydroxyl groups is 1. The summed E-state index contributed by atoms with van der Waals surface area (Å²) < 4.78 is 0. The lowest BCUT2D eigenvalue weighted by molar-refractivity contribution is -0.000830. The molecule has 0 amide bonds. The van der Waals surface area contributed by atoms with Crippen LogP contribution < -0.4 is 5.32 Å². The maximum atomic E-state index is 10.6. The van der Waals surface area contributed by atoms with E-state index in [1.807, 2.05) is 6.07 Å². The molecule has 0 bridgehead atoms. The summed E-state index contributed by atoms with van der Waals surface area (Å²) in [5.74, 6) is 1.44. The SMILES string of the molecule is CCCc1cc(NCC2(O)CCCC(C)C2)ncn1. The second-order valence-electron chi connectivity index (χ2n) is 5.92. The highest BCUT2D eigenvalue weighted by Crippen LogP contribution is 2.32. The highest BCUT2D eigenvalue weighted by atomic mass is 16.3. The number of nitrogens with zero attached hydrogens (tertiary/aromatic N) is 2. The number of aryl methyl sites for hydroxylation is 1. The molecule has 0 spiro atoms.